The van der Waals surface area contributed by atoms with Crippen LogP contribution in [0.25, 0.3) is 0 Å². The minimum Gasteiger partial charge on any atom is -0.458 e. The number of hydrogen-bond acceptors (Lipinski definition) is 2. The second kappa shape index (κ2) is 7.23. The quantitative estimate of drug-likeness (QED) is 0.564. The van der Waals surface area contributed by atoms with Gasteiger partial charge >= 0.3 is 5.97 Å². The Bertz CT molecular complexity index is 285. The highest BCUT2D eigenvalue weighted by Gasteiger charge is 2.14. The topological polar surface area (TPSA) is 26.3 Å². The number of ether oxygens (including phenoxy) is 1. The standard InChI is InChI=1S/C11H16Br2O2/c1-7(2)5-6-10(15-9(4)14)8(3)11(12)13/h5,10H,6H2,1-4H3/t10-/m1/s1. The Balaban J connectivity index is 4.67. The van der Waals surface area contributed by atoms with Crippen LogP contribution in [-0.4, -0.2) is 12.1 Å². The first-order valence-electron chi connectivity index (χ1n) is 4.67. The van der Waals surface area contributed by atoms with Crippen LogP contribution < -0.4 is 0 Å². The minimum absolute atomic E-state index is 0.203. The zero-order chi connectivity index (χ0) is 12.0. The molecule has 0 aliphatic rings. The van der Waals surface area contributed by atoms with Crippen LogP contribution in [0.4, 0.5) is 0 Å². The van der Waals surface area contributed by atoms with Gasteiger partial charge in [-0.25, -0.2) is 0 Å². The number of rotatable bonds is 4. The molecule has 0 aliphatic carbocycles. The monoisotopic (exact) mass is 338 g/mol. The van der Waals surface area contributed by atoms with Crippen LogP contribution >= 0.6 is 31.9 Å². The van der Waals surface area contributed by atoms with Crippen molar-refractivity contribution in [1.29, 1.82) is 0 Å². The van der Waals surface area contributed by atoms with E-state index in [1.807, 2.05) is 20.8 Å². The molecule has 0 saturated heterocycles. The van der Waals surface area contributed by atoms with E-state index in [-0.39, 0.29) is 12.1 Å². The fraction of sp³-hybridized carbons (Fsp3) is 0.545. The number of carbonyl (C=O) groups excluding carboxylic acids is 1. The van der Waals surface area contributed by atoms with Gasteiger partial charge in [-0.3, -0.25) is 4.79 Å². The number of hydrogen-bond donors (Lipinski definition) is 0. The van der Waals surface area contributed by atoms with Gasteiger partial charge in [-0.1, -0.05) is 11.6 Å². The molecule has 0 fully saturated rings. The van der Waals surface area contributed by atoms with Crippen molar-refractivity contribution >= 4 is 37.8 Å². The number of esters is 1. The Kier molecular flexibility index (Phi) is 7.18. The Labute approximate surface area is 108 Å². The molecule has 0 aromatic carbocycles. The normalized spacial score (nSPS) is 11.6. The zero-order valence-corrected chi connectivity index (χ0v) is 12.6. The van der Waals surface area contributed by atoms with Crippen LogP contribution in [0.2, 0.25) is 0 Å². The van der Waals surface area contributed by atoms with E-state index in [1.165, 1.54) is 12.5 Å². The summed E-state index contributed by atoms with van der Waals surface area (Å²) >= 11 is 6.64. The molecule has 0 aliphatic heterocycles. The molecule has 0 bridgehead atoms. The van der Waals surface area contributed by atoms with E-state index in [4.69, 9.17) is 4.74 Å². The van der Waals surface area contributed by atoms with Crippen molar-refractivity contribution in [1.82, 2.24) is 0 Å². The predicted molar refractivity (Wildman–Crippen MR) is 70.2 cm³/mol. The SMILES string of the molecule is CC(=O)O[C@H](CC=C(C)C)C(C)=C(Br)Br. The summed E-state index contributed by atoms with van der Waals surface area (Å²) < 4.78 is 6.06. The first-order valence-corrected chi connectivity index (χ1v) is 6.25. The Morgan fingerprint density at radius 1 is 1.27 bits per heavy atom. The summed E-state index contributed by atoms with van der Waals surface area (Å²) in [7, 11) is 0. The molecule has 0 N–H and O–H groups in total. The fourth-order valence-corrected chi connectivity index (χ4v) is 1.49. The molecule has 0 aromatic rings. The van der Waals surface area contributed by atoms with Crippen LogP contribution in [0.15, 0.2) is 20.6 Å². The van der Waals surface area contributed by atoms with Crippen molar-refractivity contribution in [3.8, 4) is 0 Å². The van der Waals surface area contributed by atoms with E-state index in [0.29, 0.717) is 6.42 Å². The van der Waals surface area contributed by atoms with Gasteiger partial charge in [0.05, 0.1) is 3.39 Å². The van der Waals surface area contributed by atoms with Crippen LogP contribution in [0.5, 0.6) is 0 Å². The second-order valence-electron chi connectivity index (χ2n) is 3.56. The highest BCUT2D eigenvalue weighted by molar-refractivity contribution is 9.28. The highest BCUT2D eigenvalue weighted by atomic mass is 79.9. The van der Waals surface area contributed by atoms with E-state index >= 15 is 0 Å². The zero-order valence-electron chi connectivity index (χ0n) is 9.43. The first-order chi connectivity index (χ1) is 6.84. The molecule has 0 saturated carbocycles. The van der Waals surface area contributed by atoms with Gasteiger partial charge in [0, 0.05) is 13.3 Å². The average Bonchev–Trinajstić information content (AvgIpc) is 2.10. The third kappa shape index (κ3) is 6.90. The van der Waals surface area contributed by atoms with Gasteiger partial charge in [0.2, 0.25) is 0 Å². The molecule has 15 heavy (non-hydrogen) atoms. The van der Waals surface area contributed by atoms with E-state index in [1.54, 1.807) is 0 Å². The molecule has 0 rings (SSSR count). The van der Waals surface area contributed by atoms with Crippen LogP contribution in [0, 0.1) is 0 Å². The average molecular weight is 340 g/mol. The molecule has 0 radical (unpaired) electrons. The van der Waals surface area contributed by atoms with Gasteiger partial charge in [-0.05, 0) is 58.2 Å². The van der Waals surface area contributed by atoms with E-state index in [9.17, 15) is 4.79 Å². The summed E-state index contributed by atoms with van der Waals surface area (Å²) in [4.78, 5) is 10.9. The lowest BCUT2D eigenvalue weighted by atomic mass is 10.1. The number of carbonyl (C=O) groups is 1. The summed E-state index contributed by atoms with van der Waals surface area (Å²) in [5, 5.41) is 0. The molecular weight excluding hydrogens is 324 g/mol. The van der Waals surface area contributed by atoms with Crippen molar-refractivity contribution in [2.24, 2.45) is 0 Å². The summed E-state index contributed by atoms with van der Waals surface area (Å²) in [6.07, 6.45) is 2.56. The van der Waals surface area contributed by atoms with Gasteiger partial charge in [-0.2, -0.15) is 0 Å². The van der Waals surface area contributed by atoms with Gasteiger partial charge in [-0.15, -0.1) is 0 Å². The van der Waals surface area contributed by atoms with Crippen molar-refractivity contribution in [2.45, 2.75) is 40.2 Å². The summed E-state index contributed by atoms with van der Waals surface area (Å²) in [6, 6.07) is 0. The van der Waals surface area contributed by atoms with Crippen molar-refractivity contribution in [3.63, 3.8) is 0 Å². The fourth-order valence-electron chi connectivity index (χ4n) is 0.978. The minimum atomic E-state index is -0.261. The van der Waals surface area contributed by atoms with Gasteiger partial charge in [0.1, 0.15) is 6.10 Å². The summed E-state index contributed by atoms with van der Waals surface area (Å²) in [5.41, 5.74) is 2.19. The Morgan fingerprint density at radius 2 is 1.80 bits per heavy atom. The van der Waals surface area contributed by atoms with Crippen LogP contribution in [0.3, 0.4) is 0 Å². The maximum absolute atomic E-state index is 10.9. The largest absolute Gasteiger partial charge is 0.458 e. The van der Waals surface area contributed by atoms with Gasteiger partial charge in [0.25, 0.3) is 0 Å². The Hall–Kier alpha value is -0.0900. The van der Waals surface area contributed by atoms with Gasteiger partial charge < -0.3 is 4.74 Å². The van der Waals surface area contributed by atoms with Crippen molar-refractivity contribution in [3.05, 3.63) is 20.6 Å². The van der Waals surface area contributed by atoms with E-state index in [2.05, 4.69) is 37.9 Å². The predicted octanol–water partition coefficient (Wildman–Crippen LogP) is 4.30. The highest BCUT2D eigenvalue weighted by Crippen LogP contribution is 2.25. The lowest BCUT2D eigenvalue weighted by Gasteiger charge is -2.16. The molecule has 0 amide bonds. The molecule has 0 unspecified atom stereocenters. The van der Waals surface area contributed by atoms with Crippen LogP contribution in [0.1, 0.15) is 34.1 Å². The van der Waals surface area contributed by atoms with E-state index < -0.39 is 0 Å². The summed E-state index contributed by atoms with van der Waals surface area (Å²) in [6.45, 7) is 7.39. The maximum Gasteiger partial charge on any atom is 0.303 e. The smallest absolute Gasteiger partial charge is 0.303 e. The lowest BCUT2D eigenvalue weighted by Crippen LogP contribution is -2.17. The number of allylic oxidation sites excluding steroid dienone is 1. The summed E-state index contributed by atoms with van der Waals surface area (Å²) in [5.74, 6) is -0.261. The molecule has 0 aromatic heterocycles. The lowest BCUT2D eigenvalue weighted by molar-refractivity contribution is -0.144. The third-order valence-electron chi connectivity index (χ3n) is 1.83. The Morgan fingerprint density at radius 3 is 2.13 bits per heavy atom. The molecule has 86 valence electrons. The van der Waals surface area contributed by atoms with Crippen molar-refractivity contribution in [2.75, 3.05) is 0 Å². The van der Waals surface area contributed by atoms with Crippen molar-refractivity contribution < 1.29 is 9.53 Å². The first kappa shape index (κ1) is 14.9. The molecule has 4 heteroatoms. The van der Waals surface area contributed by atoms with Crippen LogP contribution in [-0.2, 0) is 9.53 Å². The molecule has 2 nitrogen and oxygen atoms in total. The number of halogens is 2. The molecular formula is C11H16Br2O2. The molecule has 0 spiro atoms. The maximum atomic E-state index is 10.9. The molecule has 1 atom stereocenters. The third-order valence-corrected chi connectivity index (χ3v) is 3.08. The second-order valence-corrected chi connectivity index (χ2v) is 6.21. The van der Waals surface area contributed by atoms with E-state index in [0.717, 1.165) is 8.96 Å². The molecule has 0 heterocycles. The van der Waals surface area contributed by atoms with Gasteiger partial charge in [0.15, 0.2) is 0 Å².